The molecule has 2 heterocycles. The van der Waals surface area contributed by atoms with Crippen LogP contribution in [-0.4, -0.2) is 40.8 Å². The van der Waals surface area contributed by atoms with E-state index in [1.165, 1.54) is 12.8 Å². The van der Waals surface area contributed by atoms with Crippen molar-refractivity contribution in [3.05, 3.63) is 11.9 Å². The number of nitrogens with zero attached hydrogens (tertiary/aromatic N) is 3. The Morgan fingerprint density at radius 3 is 2.89 bits per heavy atom. The van der Waals surface area contributed by atoms with Gasteiger partial charge in [0.05, 0.1) is 0 Å². The van der Waals surface area contributed by atoms with Crippen LogP contribution in [0.15, 0.2) is 6.07 Å². The van der Waals surface area contributed by atoms with Crippen molar-refractivity contribution in [3.63, 3.8) is 0 Å². The van der Waals surface area contributed by atoms with E-state index in [2.05, 4.69) is 20.2 Å². The Morgan fingerprint density at radius 2 is 2.22 bits per heavy atom. The molecule has 0 amide bonds. The number of nitrogens with one attached hydrogen (secondary N) is 1. The molecule has 1 aromatic rings. The van der Waals surface area contributed by atoms with Crippen LogP contribution in [-0.2, 0) is 0 Å². The molecule has 1 aliphatic heterocycles. The van der Waals surface area contributed by atoms with Crippen LogP contribution in [0.3, 0.4) is 0 Å². The molecule has 1 saturated heterocycles. The maximum Gasteiger partial charge on any atom is 0.134 e. The number of anilines is 2. The van der Waals surface area contributed by atoms with Gasteiger partial charge in [0.15, 0.2) is 0 Å². The number of aryl methyl sites for hydroxylation is 1. The number of hydrogen-bond donors (Lipinski definition) is 2. The summed E-state index contributed by atoms with van der Waals surface area (Å²) in [5.41, 5.74) is 0. The minimum Gasteiger partial charge on any atom is -0.396 e. The van der Waals surface area contributed by atoms with Gasteiger partial charge in [-0.2, -0.15) is 0 Å². The molecule has 0 aromatic carbocycles. The third kappa shape index (κ3) is 2.56. The average Bonchev–Trinajstić information content (AvgIpc) is 3.03. The summed E-state index contributed by atoms with van der Waals surface area (Å²) >= 11 is 0. The van der Waals surface area contributed by atoms with Gasteiger partial charge in [0, 0.05) is 37.7 Å². The normalized spacial score (nSPS) is 23.4. The summed E-state index contributed by atoms with van der Waals surface area (Å²) < 4.78 is 0. The number of hydrogen-bond acceptors (Lipinski definition) is 5. The van der Waals surface area contributed by atoms with E-state index in [4.69, 9.17) is 0 Å². The predicted molar refractivity (Wildman–Crippen MR) is 70.8 cm³/mol. The van der Waals surface area contributed by atoms with Gasteiger partial charge in [-0.05, 0) is 26.2 Å². The van der Waals surface area contributed by atoms with Crippen LogP contribution in [0.1, 0.15) is 25.1 Å². The summed E-state index contributed by atoms with van der Waals surface area (Å²) in [4.78, 5) is 11.2. The van der Waals surface area contributed by atoms with Gasteiger partial charge in [-0.1, -0.05) is 0 Å². The molecule has 1 saturated carbocycles. The van der Waals surface area contributed by atoms with Gasteiger partial charge in [-0.15, -0.1) is 0 Å². The molecule has 1 aromatic heterocycles. The lowest BCUT2D eigenvalue weighted by atomic mass is 10.1. The van der Waals surface area contributed by atoms with Gasteiger partial charge in [-0.3, -0.25) is 0 Å². The molecule has 0 bridgehead atoms. The number of aliphatic hydroxyl groups excluding tert-OH is 1. The summed E-state index contributed by atoms with van der Waals surface area (Å²) in [5.74, 6) is 3.12. The van der Waals surface area contributed by atoms with Gasteiger partial charge < -0.3 is 15.3 Å². The third-order valence-electron chi connectivity index (χ3n) is 3.62. The maximum absolute atomic E-state index is 9.20. The van der Waals surface area contributed by atoms with Gasteiger partial charge in [-0.25, -0.2) is 9.97 Å². The summed E-state index contributed by atoms with van der Waals surface area (Å²) in [6.07, 6.45) is 3.54. The highest BCUT2D eigenvalue weighted by atomic mass is 16.3. The first-order valence-corrected chi connectivity index (χ1v) is 6.72. The molecule has 98 valence electrons. The van der Waals surface area contributed by atoms with Crippen LogP contribution in [0, 0.1) is 12.8 Å². The lowest BCUT2D eigenvalue weighted by molar-refractivity contribution is 0.238. The zero-order chi connectivity index (χ0) is 12.5. The lowest BCUT2D eigenvalue weighted by Gasteiger charge is -2.18. The molecule has 1 atom stereocenters. The van der Waals surface area contributed by atoms with Crippen molar-refractivity contribution in [2.45, 2.75) is 32.2 Å². The summed E-state index contributed by atoms with van der Waals surface area (Å²) in [5, 5.41) is 12.6. The fourth-order valence-electron chi connectivity index (χ4n) is 2.41. The second kappa shape index (κ2) is 4.72. The van der Waals surface area contributed by atoms with Crippen molar-refractivity contribution in [2.75, 3.05) is 29.9 Å². The van der Waals surface area contributed by atoms with Crippen molar-refractivity contribution < 1.29 is 5.11 Å². The van der Waals surface area contributed by atoms with Crippen LogP contribution < -0.4 is 10.2 Å². The second-order valence-electron chi connectivity index (χ2n) is 5.36. The zero-order valence-electron chi connectivity index (χ0n) is 10.8. The molecule has 1 aliphatic carbocycles. The van der Waals surface area contributed by atoms with Gasteiger partial charge in [0.25, 0.3) is 0 Å². The predicted octanol–water partition coefficient (Wildman–Crippen LogP) is 1.18. The molecule has 1 unspecified atom stereocenters. The van der Waals surface area contributed by atoms with E-state index in [0.717, 1.165) is 37.0 Å². The lowest BCUT2D eigenvalue weighted by Crippen LogP contribution is -2.22. The molecule has 2 N–H and O–H groups in total. The van der Waals surface area contributed by atoms with Crippen LogP contribution in [0.5, 0.6) is 0 Å². The van der Waals surface area contributed by atoms with Crippen LogP contribution in [0.2, 0.25) is 0 Å². The van der Waals surface area contributed by atoms with E-state index in [9.17, 15) is 5.11 Å². The Morgan fingerprint density at radius 1 is 1.39 bits per heavy atom. The Bertz CT molecular complexity index is 433. The number of aromatic nitrogens is 2. The van der Waals surface area contributed by atoms with E-state index in [0.29, 0.717) is 12.0 Å². The highest BCUT2D eigenvalue weighted by Gasteiger charge is 2.25. The smallest absolute Gasteiger partial charge is 0.134 e. The zero-order valence-corrected chi connectivity index (χ0v) is 10.8. The van der Waals surface area contributed by atoms with Crippen LogP contribution in [0.25, 0.3) is 0 Å². The van der Waals surface area contributed by atoms with Gasteiger partial charge in [0.1, 0.15) is 17.5 Å². The minimum atomic E-state index is 0.272. The van der Waals surface area contributed by atoms with Crippen LogP contribution >= 0.6 is 0 Å². The Balaban J connectivity index is 1.76. The van der Waals surface area contributed by atoms with E-state index >= 15 is 0 Å². The molecule has 5 nitrogen and oxygen atoms in total. The quantitative estimate of drug-likeness (QED) is 0.838. The topological polar surface area (TPSA) is 61.3 Å². The second-order valence-corrected chi connectivity index (χ2v) is 5.36. The van der Waals surface area contributed by atoms with E-state index in [-0.39, 0.29) is 6.61 Å². The molecular weight excluding hydrogens is 228 g/mol. The molecular formula is C13H20N4O. The summed E-state index contributed by atoms with van der Waals surface area (Å²) in [7, 11) is 0. The van der Waals surface area contributed by atoms with Crippen LogP contribution in [0.4, 0.5) is 11.6 Å². The van der Waals surface area contributed by atoms with E-state index < -0.39 is 0 Å². The van der Waals surface area contributed by atoms with Crippen molar-refractivity contribution in [1.29, 1.82) is 0 Å². The molecule has 18 heavy (non-hydrogen) atoms. The first kappa shape index (κ1) is 11.7. The standard InChI is InChI=1S/C13H20N4O/c1-9-14-12(16-11-2-3-11)6-13(15-9)17-5-4-10(7-17)8-18/h6,10-11,18H,2-5,7-8H2,1H3,(H,14,15,16). The minimum absolute atomic E-state index is 0.272. The molecule has 0 spiro atoms. The fourth-order valence-corrected chi connectivity index (χ4v) is 2.41. The third-order valence-corrected chi connectivity index (χ3v) is 3.62. The van der Waals surface area contributed by atoms with Crippen molar-refractivity contribution >= 4 is 11.6 Å². The number of rotatable bonds is 4. The number of aliphatic hydroxyl groups is 1. The fraction of sp³-hybridized carbons (Fsp3) is 0.692. The monoisotopic (exact) mass is 248 g/mol. The Hall–Kier alpha value is -1.36. The molecule has 2 fully saturated rings. The van der Waals surface area contributed by atoms with Crippen molar-refractivity contribution in [1.82, 2.24) is 9.97 Å². The van der Waals surface area contributed by atoms with Crippen molar-refractivity contribution in [2.24, 2.45) is 5.92 Å². The molecule has 0 radical (unpaired) electrons. The highest BCUT2D eigenvalue weighted by Crippen LogP contribution is 2.27. The van der Waals surface area contributed by atoms with E-state index in [1.54, 1.807) is 0 Å². The Kier molecular flexibility index (Phi) is 3.07. The summed E-state index contributed by atoms with van der Waals surface area (Å²) in [6.45, 7) is 4.08. The first-order valence-electron chi connectivity index (χ1n) is 6.72. The molecule has 2 aliphatic rings. The van der Waals surface area contributed by atoms with Gasteiger partial charge in [0.2, 0.25) is 0 Å². The Labute approximate surface area is 107 Å². The van der Waals surface area contributed by atoms with E-state index in [1.807, 2.05) is 13.0 Å². The average molecular weight is 248 g/mol. The largest absolute Gasteiger partial charge is 0.396 e. The molecule has 5 heteroatoms. The highest BCUT2D eigenvalue weighted by molar-refractivity contribution is 5.51. The molecule has 3 rings (SSSR count). The summed E-state index contributed by atoms with van der Waals surface area (Å²) in [6, 6.07) is 2.64. The van der Waals surface area contributed by atoms with Gasteiger partial charge >= 0.3 is 0 Å². The van der Waals surface area contributed by atoms with Crippen molar-refractivity contribution in [3.8, 4) is 0 Å². The first-order chi connectivity index (χ1) is 8.74. The maximum atomic E-state index is 9.20. The SMILES string of the molecule is Cc1nc(NC2CC2)cc(N2CCC(CO)C2)n1.